The van der Waals surface area contributed by atoms with Crippen molar-refractivity contribution in [3.63, 3.8) is 0 Å². The van der Waals surface area contributed by atoms with E-state index in [-0.39, 0.29) is 0 Å². The highest BCUT2D eigenvalue weighted by Gasteiger charge is 2.56. The molecule has 134 valence electrons. The van der Waals surface area contributed by atoms with Crippen molar-refractivity contribution >= 4 is 0 Å². The van der Waals surface area contributed by atoms with Gasteiger partial charge in [0.05, 0.1) is 0 Å². The van der Waals surface area contributed by atoms with Crippen LogP contribution in [-0.2, 0) is 0 Å². The van der Waals surface area contributed by atoms with E-state index in [0.29, 0.717) is 10.8 Å². The molecule has 0 radical (unpaired) electrons. The highest BCUT2D eigenvalue weighted by molar-refractivity contribution is 5.08. The Bertz CT molecular complexity index is 414. The average Bonchev–Trinajstić information content (AvgIpc) is 2.23. The van der Waals surface area contributed by atoms with Gasteiger partial charge in [-0.1, -0.05) is 48.5 Å². The lowest BCUT2D eigenvalue weighted by atomic mass is 9.51. The minimum atomic E-state index is 0.432. The average molecular weight is 321 g/mol. The second-order valence-corrected chi connectivity index (χ2v) is 11.5. The predicted molar refractivity (Wildman–Crippen MR) is 99.6 cm³/mol. The fraction of sp³-hybridized carbons (Fsp3) is 1.00. The van der Waals surface area contributed by atoms with Gasteiger partial charge in [-0.25, -0.2) is 0 Å². The van der Waals surface area contributed by atoms with Crippen LogP contribution >= 0.6 is 0 Å². The lowest BCUT2D eigenvalue weighted by Crippen LogP contribution is -2.68. The number of nitrogens with zero attached hydrogens (tertiary/aromatic N) is 2. The summed E-state index contributed by atoms with van der Waals surface area (Å²) in [5, 5.41) is 0. The minimum Gasteiger partial charge on any atom is -0.302 e. The lowest BCUT2D eigenvalue weighted by Gasteiger charge is -2.64. The third-order valence-electron chi connectivity index (χ3n) is 6.77. The molecule has 0 bridgehead atoms. The van der Waals surface area contributed by atoms with Crippen molar-refractivity contribution in [3.05, 3.63) is 0 Å². The second kappa shape index (κ2) is 5.73. The summed E-state index contributed by atoms with van der Waals surface area (Å²) in [6, 6.07) is 0.852. The molecule has 2 saturated heterocycles. The van der Waals surface area contributed by atoms with Crippen LogP contribution in [0.1, 0.15) is 67.7 Å². The molecular weight excluding hydrogens is 280 g/mol. The van der Waals surface area contributed by atoms with Crippen LogP contribution < -0.4 is 0 Å². The van der Waals surface area contributed by atoms with Gasteiger partial charge in [-0.3, -0.25) is 4.90 Å². The molecule has 2 heterocycles. The molecule has 3 aliphatic rings. The van der Waals surface area contributed by atoms with Crippen LogP contribution in [0.2, 0.25) is 0 Å². The molecule has 1 spiro atoms. The molecule has 1 saturated carbocycles. The van der Waals surface area contributed by atoms with E-state index in [1.54, 1.807) is 0 Å². The Morgan fingerprint density at radius 3 is 2.09 bits per heavy atom. The van der Waals surface area contributed by atoms with Gasteiger partial charge in [0.2, 0.25) is 0 Å². The van der Waals surface area contributed by atoms with E-state index in [1.807, 2.05) is 0 Å². The Kier molecular flexibility index (Phi) is 4.42. The van der Waals surface area contributed by atoms with Gasteiger partial charge < -0.3 is 4.90 Å². The van der Waals surface area contributed by atoms with Gasteiger partial charge in [-0.15, -0.1) is 0 Å². The van der Waals surface area contributed by atoms with Gasteiger partial charge in [0.25, 0.3) is 0 Å². The molecule has 1 aliphatic carbocycles. The molecule has 2 aliphatic heterocycles. The molecule has 3 rings (SSSR count). The van der Waals surface area contributed by atoms with Gasteiger partial charge in [0.15, 0.2) is 0 Å². The molecule has 0 aromatic carbocycles. The largest absolute Gasteiger partial charge is 0.302 e. The van der Waals surface area contributed by atoms with Crippen LogP contribution in [0.4, 0.5) is 0 Å². The van der Waals surface area contributed by atoms with Crippen molar-refractivity contribution in [2.24, 2.45) is 28.1 Å². The third-order valence-corrected chi connectivity index (χ3v) is 6.77. The monoisotopic (exact) mass is 320 g/mol. The van der Waals surface area contributed by atoms with Crippen molar-refractivity contribution in [1.29, 1.82) is 0 Å². The number of rotatable bonds is 2. The highest BCUT2D eigenvalue weighted by atomic mass is 15.3. The fourth-order valence-corrected chi connectivity index (χ4v) is 5.48. The minimum absolute atomic E-state index is 0.432. The number of hydrogen-bond donors (Lipinski definition) is 0. The quantitative estimate of drug-likeness (QED) is 0.739. The first-order valence-corrected chi connectivity index (χ1v) is 9.94. The summed E-state index contributed by atoms with van der Waals surface area (Å²) < 4.78 is 0. The van der Waals surface area contributed by atoms with Gasteiger partial charge >= 0.3 is 0 Å². The van der Waals surface area contributed by atoms with Gasteiger partial charge in [-0.2, -0.15) is 0 Å². The Labute approximate surface area is 145 Å². The molecule has 0 aromatic heterocycles. The molecule has 0 N–H and O–H groups in total. The zero-order valence-electron chi connectivity index (χ0n) is 16.8. The van der Waals surface area contributed by atoms with Crippen molar-refractivity contribution in [2.45, 2.75) is 73.8 Å². The molecule has 3 fully saturated rings. The first-order valence-electron chi connectivity index (χ1n) is 9.94. The second-order valence-electron chi connectivity index (χ2n) is 11.5. The maximum atomic E-state index is 2.83. The SMILES string of the molecule is C[C@H]1CN(CC(C)(C)C)CCC1N1CC2(CC(C(C)(C)C)C2)C1. The Morgan fingerprint density at radius 2 is 1.61 bits per heavy atom. The number of hydrogen-bond acceptors (Lipinski definition) is 2. The Morgan fingerprint density at radius 1 is 1.00 bits per heavy atom. The smallest absolute Gasteiger partial charge is 0.0146 e. The molecule has 0 aromatic rings. The van der Waals surface area contributed by atoms with Crippen LogP contribution in [0.25, 0.3) is 0 Å². The van der Waals surface area contributed by atoms with Crippen molar-refractivity contribution in [2.75, 3.05) is 32.7 Å². The summed E-state index contributed by atoms with van der Waals surface area (Å²) in [6.07, 6.45) is 4.37. The zero-order valence-corrected chi connectivity index (χ0v) is 16.8. The Hall–Kier alpha value is -0.0800. The van der Waals surface area contributed by atoms with E-state index in [9.17, 15) is 0 Å². The molecule has 2 heteroatoms. The fourth-order valence-electron chi connectivity index (χ4n) is 5.48. The molecular formula is C21H40N2. The summed E-state index contributed by atoms with van der Waals surface area (Å²) in [5.74, 6) is 1.80. The first-order chi connectivity index (χ1) is 10.5. The lowest BCUT2D eigenvalue weighted by molar-refractivity contribution is -0.150. The maximum absolute atomic E-state index is 2.83. The van der Waals surface area contributed by atoms with Crippen molar-refractivity contribution in [3.8, 4) is 0 Å². The summed E-state index contributed by atoms with van der Waals surface area (Å²) in [7, 11) is 0. The molecule has 2 nitrogen and oxygen atoms in total. The highest BCUT2D eigenvalue weighted by Crippen LogP contribution is 2.58. The van der Waals surface area contributed by atoms with Crippen LogP contribution in [0.5, 0.6) is 0 Å². The van der Waals surface area contributed by atoms with Gasteiger partial charge in [0, 0.05) is 32.2 Å². The van der Waals surface area contributed by atoms with E-state index < -0.39 is 0 Å². The number of piperidine rings is 1. The van der Waals surface area contributed by atoms with Crippen LogP contribution in [0.15, 0.2) is 0 Å². The molecule has 1 unspecified atom stereocenters. The summed E-state index contributed by atoms with van der Waals surface area (Å²) in [5.41, 5.74) is 1.68. The van der Waals surface area contributed by atoms with Crippen LogP contribution in [-0.4, -0.2) is 48.6 Å². The van der Waals surface area contributed by atoms with E-state index in [0.717, 1.165) is 23.3 Å². The predicted octanol–water partition coefficient (Wildman–Crippen LogP) is 4.50. The molecule has 2 atom stereocenters. The summed E-state index contributed by atoms with van der Waals surface area (Å²) >= 11 is 0. The summed E-state index contributed by atoms with van der Waals surface area (Å²) in [4.78, 5) is 5.54. The van der Waals surface area contributed by atoms with E-state index in [2.05, 4.69) is 58.3 Å². The van der Waals surface area contributed by atoms with E-state index in [4.69, 9.17) is 0 Å². The van der Waals surface area contributed by atoms with Crippen molar-refractivity contribution in [1.82, 2.24) is 9.80 Å². The van der Waals surface area contributed by atoms with Crippen LogP contribution in [0, 0.1) is 28.1 Å². The Balaban J connectivity index is 1.45. The first kappa shape index (κ1) is 17.7. The van der Waals surface area contributed by atoms with E-state index in [1.165, 1.54) is 52.0 Å². The summed E-state index contributed by atoms with van der Waals surface area (Å²) in [6.45, 7) is 23.5. The van der Waals surface area contributed by atoms with E-state index >= 15 is 0 Å². The van der Waals surface area contributed by atoms with Gasteiger partial charge in [-0.05, 0) is 53.9 Å². The van der Waals surface area contributed by atoms with Gasteiger partial charge in [0.1, 0.15) is 0 Å². The van der Waals surface area contributed by atoms with Crippen molar-refractivity contribution < 1.29 is 0 Å². The molecule has 23 heavy (non-hydrogen) atoms. The molecule has 0 amide bonds. The maximum Gasteiger partial charge on any atom is 0.0146 e. The normalized spacial score (nSPS) is 33.5. The topological polar surface area (TPSA) is 6.48 Å². The standard InChI is InChI=1S/C21H40N2/c1-16-12-22(13-19(2,3)4)9-8-18(16)23-14-21(15-23)10-17(11-21)20(5,6)7/h16-18H,8-15H2,1-7H3/t16-,18?/m0/s1. The zero-order chi connectivity index (χ0) is 17.0. The number of likely N-dealkylation sites (tertiary alicyclic amines) is 2. The van der Waals surface area contributed by atoms with Crippen LogP contribution in [0.3, 0.4) is 0 Å². The third kappa shape index (κ3) is 3.79.